The van der Waals surface area contributed by atoms with Crippen LogP contribution < -0.4 is 10.6 Å². The molecule has 0 spiro atoms. The number of carbonyl (C=O) groups excluding carboxylic acids is 2. The lowest BCUT2D eigenvalue weighted by Gasteiger charge is -2.28. The van der Waals surface area contributed by atoms with Crippen LogP contribution in [0.15, 0.2) is 18.2 Å². The summed E-state index contributed by atoms with van der Waals surface area (Å²) in [5.41, 5.74) is 3.40. The van der Waals surface area contributed by atoms with Gasteiger partial charge in [0.15, 0.2) is 0 Å². The molecular formula is C23H34N2O2. The van der Waals surface area contributed by atoms with Crippen LogP contribution in [0.2, 0.25) is 0 Å². The van der Waals surface area contributed by atoms with E-state index in [0.29, 0.717) is 17.9 Å². The van der Waals surface area contributed by atoms with Crippen molar-refractivity contribution < 1.29 is 9.59 Å². The summed E-state index contributed by atoms with van der Waals surface area (Å²) in [6, 6.07) is 6.74. The van der Waals surface area contributed by atoms with Crippen LogP contribution in [0.1, 0.15) is 89.2 Å². The molecule has 0 bridgehead atoms. The van der Waals surface area contributed by atoms with Gasteiger partial charge in [0.1, 0.15) is 0 Å². The Labute approximate surface area is 163 Å². The minimum Gasteiger partial charge on any atom is -0.353 e. The maximum atomic E-state index is 13.0. The van der Waals surface area contributed by atoms with Gasteiger partial charge in [0.25, 0.3) is 0 Å². The molecule has 0 atom stereocenters. The fourth-order valence-corrected chi connectivity index (χ4v) is 4.09. The number of hydrogen-bond donors (Lipinski definition) is 2. The minimum atomic E-state index is 0.00945. The number of nitrogens with one attached hydrogen (secondary N) is 2. The fraction of sp³-hybridized carbons (Fsp3) is 0.652. The van der Waals surface area contributed by atoms with Crippen molar-refractivity contribution in [3.05, 3.63) is 29.3 Å². The predicted octanol–water partition coefficient (Wildman–Crippen LogP) is 4.96. The van der Waals surface area contributed by atoms with Gasteiger partial charge in [-0.05, 0) is 61.5 Å². The second-order valence-corrected chi connectivity index (χ2v) is 8.94. The lowest BCUT2D eigenvalue weighted by atomic mass is 9.81. The summed E-state index contributed by atoms with van der Waals surface area (Å²) in [7, 11) is 0. The van der Waals surface area contributed by atoms with Crippen molar-refractivity contribution in [3.8, 4) is 0 Å². The average Bonchev–Trinajstić information content (AvgIpc) is 3.45. The number of carbonyl (C=O) groups is 2. The number of anilines is 1. The van der Waals surface area contributed by atoms with Crippen molar-refractivity contribution in [1.82, 2.24) is 5.32 Å². The Kier molecular flexibility index (Phi) is 6.23. The van der Waals surface area contributed by atoms with Gasteiger partial charge < -0.3 is 10.6 Å². The van der Waals surface area contributed by atoms with Gasteiger partial charge in [-0.1, -0.05) is 45.9 Å². The summed E-state index contributed by atoms with van der Waals surface area (Å²) in [6.45, 7) is 8.66. The molecule has 2 fully saturated rings. The van der Waals surface area contributed by atoms with Gasteiger partial charge in [0.05, 0.1) is 0 Å². The molecular weight excluding hydrogens is 336 g/mol. The molecule has 2 aliphatic rings. The first kappa shape index (κ1) is 19.9. The van der Waals surface area contributed by atoms with E-state index in [-0.39, 0.29) is 23.7 Å². The van der Waals surface area contributed by atoms with Crippen molar-refractivity contribution in [2.24, 2.45) is 11.8 Å². The Morgan fingerprint density at radius 1 is 0.815 bits per heavy atom. The van der Waals surface area contributed by atoms with Crippen LogP contribution in [0.4, 0.5) is 5.69 Å². The topological polar surface area (TPSA) is 58.2 Å². The zero-order valence-corrected chi connectivity index (χ0v) is 17.2. The molecule has 1 aromatic rings. The minimum absolute atomic E-state index is 0.00945. The van der Waals surface area contributed by atoms with Crippen molar-refractivity contribution in [2.45, 2.75) is 84.1 Å². The largest absolute Gasteiger partial charge is 0.353 e. The number of hydrogen-bond acceptors (Lipinski definition) is 2. The monoisotopic (exact) mass is 370 g/mol. The smallest absolute Gasteiger partial charge is 0.227 e. The van der Waals surface area contributed by atoms with Crippen molar-refractivity contribution in [2.75, 3.05) is 5.32 Å². The molecule has 0 aliphatic heterocycles. The van der Waals surface area contributed by atoms with Gasteiger partial charge in [-0.15, -0.1) is 0 Å². The highest BCUT2D eigenvalue weighted by Gasteiger charge is 2.33. The van der Waals surface area contributed by atoms with Crippen molar-refractivity contribution >= 4 is 17.5 Å². The first-order chi connectivity index (χ1) is 12.9. The van der Waals surface area contributed by atoms with Crippen LogP contribution >= 0.6 is 0 Å². The van der Waals surface area contributed by atoms with Crippen LogP contribution in [0.25, 0.3) is 0 Å². The summed E-state index contributed by atoms with van der Waals surface area (Å²) in [6.07, 6.45) is 5.48. The van der Waals surface area contributed by atoms with Crippen molar-refractivity contribution in [1.29, 1.82) is 0 Å². The van der Waals surface area contributed by atoms with Crippen molar-refractivity contribution in [3.63, 3.8) is 0 Å². The van der Waals surface area contributed by atoms with E-state index in [1.165, 1.54) is 11.1 Å². The van der Waals surface area contributed by atoms with Gasteiger partial charge in [-0.25, -0.2) is 0 Å². The van der Waals surface area contributed by atoms with Crippen LogP contribution in [-0.2, 0) is 9.59 Å². The third-order valence-corrected chi connectivity index (χ3v) is 6.01. The average molecular weight is 371 g/mol. The normalized spacial score (nSPS) is 22.7. The molecule has 0 radical (unpaired) electrons. The molecule has 2 N–H and O–H groups in total. The highest BCUT2D eigenvalue weighted by atomic mass is 16.2. The van der Waals surface area contributed by atoms with Gasteiger partial charge in [0, 0.05) is 23.6 Å². The number of amides is 2. The van der Waals surface area contributed by atoms with Gasteiger partial charge in [0.2, 0.25) is 11.8 Å². The number of para-hydroxylation sites is 1. The van der Waals surface area contributed by atoms with E-state index in [9.17, 15) is 9.59 Å². The molecule has 0 unspecified atom stereocenters. The Morgan fingerprint density at radius 2 is 1.30 bits per heavy atom. The molecule has 27 heavy (non-hydrogen) atoms. The van der Waals surface area contributed by atoms with Crippen LogP contribution in [0, 0.1) is 11.8 Å². The molecule has 0 saturated heterocycles. The highest BCUT2D eigenvalue weighted by molar-refractivity contribution is 5.94. The second kappa shape index (κ2) is 8.45. The predicted molar refractivity (Wildman–Crippen MR) is 110 cm³/mol. The number of benzene rings is 1. The summed E-state index contributed by atoms with van der Waals surface area (Å²) in [4.78, 5) is 25.2. The third-order valence-electron chi connectivity index (χ3n) is 6.01. The standard InChI is InChI=1S/C23H34N2O2/c1-14(2)19-6-5-7-20(15(3)4)21(19)25-23(27)17-10-8-16(9-11-17)22(26)24-18-12-13-18/h5-7,14-18H,8-13H2,1-4H3,(H,24,26)(H,25,27). The molecule has 1 aromatic carbocycles. The Balaban J connectivity index is 1.63. The summed E-state index contributed by atoms with van der Waals surface area (Å²) < 4.78 is 0. The third kappa shape index (κ3) is 4.91. The molecule has 148 valence electrons. The molecule has 2 saturated carbocycles. The SMILES string of the molecule is CC(C)c1cccc(C(C)C)c1NC(=O)C1CCC(C(=O)NC2CC2)CC1. The fourth-order valence-electron chi connectivity index (χ4n) is 4.09. The zero-order chi connectivity index (χ0) is 19.6. The molecule has 4 heteroatoms. The maximum Gasteiger partial charge on any atom is 0.227 e. The number of rotatable bonds is 6. The van der Waals surface area contributed by atoms with E-state index >= 15 is 0 Å². The van der Waals surface area contributed by atoms with Crippen LogP contribution in [0.5, 0.6) is 0 Å². The summed E-state index contributed by atoms with van der Waals surface area (Å²) >= 11 is 0. The highest BCUT2D eigenvalue weighted by Crippen LogP contribution is 2.35. The van der Waals surface area contributed by atoms with E-state index in [1.54, 1.807) is 0 Å². The Morgan fingerprint density at radius 3 is 1.74 bits per heavy atom. The maximum absolute atomic E-state index is 13.0. The molecule has 3 rings (SSSR count). The molecule has 4 nitrogen and oxygen atoms in total. The lowest BCUT2D eigenvalue weighted by molar-refractivity contribution is -0.128. The summed E-state index contributed by atoms with van der Waals surface area (Å²) in [5, 5.41) is 6.37. The van der Waals surface area contributed by atoms with E-state index < -0.39 is 0 Å². The first-order valence-electron chi connectivity index (χ1n) is 10.6. The van der Waals surface area contributed by atoms with Crippen LogP contribution in [-0.4, -0.2) is 17.9 Å². The van der Waals surface area contributed by atoms with Gasteiger partial charge >= 0.3 is 0 Å². The first-order valence-corrected chi connectivity index (χ1v) is 10.6. The lowest BCUT2D eigenvalue weighted by Crippen LogP contribution is -2.36. The molecule has 2 amide bonds. The van der Waals surface area contributed by atoms with Gasteiger partial charge in [-0.3, -0.25) is 9.59 Å². The quantitative estimate of drug-likeness (QED) is 0.744. The van der Waals surface area contributed by atoms with Gasteiger partial charge in [-0.2, -0.15) is 0 Å². The molecule has 2 aliphatic carbocycles. The Bertz CT molecular complexity index is 657. The van der Waals surface area contributed by atoms with E-state index in [0.717, 1.165) is 44.2 Å². The molecule has 0 aromatic heterocycles. The summed E-state index contributed by atoms with van der Waals surface area (Å²) in [5.74, 6) is 1.13. The molecule has 0 heterocycles. The zero-order valence-electron chi connectivity index (χ0n) is 17.2. The Hall–Kier alpha value is -1.84. The van der Waals surface area contributed by atoms with E-state index in [4.69, 9.17) is 0 Å². The van der Waals surface area contributed by atoms with Crippen LogP contribution in [0.3, 0.4) is 0 Å². The van der Waals surface area contributed by atoms with E-state index in [2.05, 4.69) is 56.5 Å². The second-order valence-electron chi connectivity index (χ2n) is 8.94. The van der Waals surface area contributed by atoms with E-state index in [1.807, 2.05) is 0 Å².